The monoisotopic (exact) mass is 285 g/mol. The predicted molar refractivity (Wildman–Crippen MR) is 68.5 cm³/mol. The van der Waals surface area contributed by atoms with E-state index in [4.69, 9.17) is 17.3 Å². The molecule has 0 radical (unpaired) electrons. The van der Waals surface area contributed by atoms with E-state index in [1.54, 1.807) is 18.2 Å². The van der Waals surface area contributed by atoms with Gasteiger partial charge >= 0.3 is 0 Å². The van der Waals surface area contributed by atoms with Crippen molar-refractivity contribution in [2.45, 2.75) is 13.0 Å². The second-order valence-electron chi connectivity index (χ2n) is 4.27. The average Bonchev–Trinajstić information content (AvgIpc) is 2.36. The summed E-state index contributed by atoms with van der Waals surface area (Å²) in [5.74, 6) is -3.26. The van der Waals surface area contributed by atoms with E-state index in [-0.39, 0.29) is 5.56 Å². The van der Waals surface area contributed by atoms with Crippen molar-refractivity contribution in [3.05, 3.63) is 69.5 Å². The van der Waals surface area contributed by atoms with Gasteiger partial charge in [0.1, 0.15) is 5.82 Å². The zero-order valence-corrected chi connectivity index (χ0v) is 10.8. The Labute approximate surface area is 113 Å². The second kappa shape index (κ2) is 5.23. The molecule has 0 saturated carbocycles. The van der Waals surface area contributed by atoms with Crippen molar-refractivity contribution in [1.82, 2.24) is 0 Å². The van der Waals surface area contributed by atoms with Crippen molar-refractivity contribution in [1.29, 1.82) is 0 Å². The van der Waals surface area contributed by atoms with Crippen LogP contribution in [0.2, 0.25) is 5.02 Å². The minimum absolute atomic E-state index is 0.112. The van der Waals surface area contributed by atoms with Gasteiger partial charge in [0.25, 0.3) is 0 Å². The van der Waals surface area contributed by atoms with Crippen molar-refractivity contribution in [3.63, 3.8) is 0 Å². The Hall–Kier alpha value is -1.52. The van der Waals surface area contributed by atoms with E-state index in [1.807, 2.05) is 6.92 Å². The maximum atomic E-state index is 13.6. The quantitative estimate of drug-likeness (QED) is 0.826. The van der Waals surface area contributed by atoms with Gasteiger partial charge in [-0.15, -0.1) is 0 Å². The molecule has 19 heavy (non-hydrogen) atoms. The van der Waals surface area contributed by atoms with Gasteiger partial charge in [0.2, 0.25) is 0 Å². The average molecular weight is 286 g/mol. The van der Waals surface area contributed by atoms with E-state index in [0.29, 0.717) is 16.7 Å². The summed E-state index contributed by atoms with van der Waals surface area (Å²) in [7, 11) is 0. The summed E-state index contributed by atoms with van der Waals surface area (Å²) >= 11 is 5.96. The van der Waals surface area contributed by atoms with Crippen molar-refractivity contribution >= 4 is 11.6 Å². The molecule has 100 valence electrons. The van der Waals surface area contributed by atoms with Gasteiger partial charge in [-0.2, -0.15) is 0 Å². The van der Waals surface area contributed by atoms with Crippen LogP contribution in [0, 0.1) is 24.4 Å². The molecular weight excluding hydrogens is 275 g/mol. The molecule has 0 bridgehead atoms. The largest absolute Gasteiger partial charge is 0.320 e. The summed E-state index contributed by atoms with van der Waals surface area (Å²) < 4.78 is 39.6. The first kappa shape index (κ1) is 13.9. The fourth-order valence-corrected chi connectivity index (χ4v) is 1.95. The van der Waals surface area contributed by atoms with Crippen LogP contribution < -0.4 is 5.73 Å². The third-order valence-electron chi connectivity index (χ3n) is 2.93. The summed E-state index contributed by atoms with van der Waals surface area (Å²) in [6, 6.07) is 5.33. The van der Waals surface area contributed by atoms with Crippen LogP contribution in [0.5, 0.6) is 0 Å². The van der Waals surface area contributed by atoms with Gasteiger partial charge in [0.05, 0.1) is 6.04 Å². The molecule has 0 aromatic heterocycles. The standard InChI is InChI=1S/C14H11ClF3N/c1-7-2-3-8(4-10(7)15)14(19)9-5-12(17)13(18)6-11(9)16/h2-6,14H,19H2,1H3. The molecule has 0 amide bonds. The zero-order valence-electron chi connectivity index (χ0n) is 10.1. The fraction of sp³-hybridized carbons (Fsp3) is 0.143. The summed E-state index contributed by atoms with van der Waals surface area (Å²) in [4.78, 5) is 0. The molecule has 1 atom stereocenters. The van der Waals surface area contributed by atoms with E-state index >= 15 is 0 Å². The van der Waals surface area contributed by atoms with Crippen LogP contribution >= 0.6 is 11.6 Å². The zero-order chi connectivity index (χ0) is 14.2. The van der Waals surface area contributed by atoms with Crippen LogP contribution in [0.3, 0.4) is 0 Å². The molecule has 2 aromatic rings. The minimum Gasteiger partial charge on any atom is -0.320 e. The van der Waals surface area contributed by atoms with Gasteiger partial charge in [-0.1, -0.05) is 23.7 Å². The van der Waals surface area contributed by atoms with Gasteiger partial charge in [-0.05, 0) is 30.2 Å². The number of benzene rings is 2. The number of nitrogens with two attached hydrogens (primary N) is 1. The first-order chi connectivity index (χ1) is 8.90. The van der Waals surface area contributed by atoms with Gasteiger partial charge in [0.15, 0.2) is 11.6 Å². The molecular formula is C14H11ClF3N. The van der Waals surface area contributed by atoms with E-state index in [0.717, 1.165) is 11.6 Å². The Morgan fingerprint density at radius 1 is 1.00 bits per heavy atom. The Balaban J connectivity index is 2.46. The van der Waals surface area contributed by atoms with Crippen LogP contribution in [-0.2, 0) is 0 Å². The van der Waals surface area contributed by atoms with Crippen molar-refractivity contribution in [3.8, 4) is 0 Å². The van der Waals surface area contributed by atoms with Gasteiger partial charge in [-0.25, -0.2) is 13.2 Å². The lowest BCUT2D eigenvalue weighted by Gasteiger charge is -2.15. The lowest BCUT2D eigenvalue weighted by Crippen LogP contribution is -2.14. The van der Waals surface area contributed by atoms with Gasteiger partial charge in [0, 0.05) is 16.7 Å². The first-order valence-corrected chi connectivity index (χ1v) is 5.94. The summed E-state index contributed by atoms with van der Waals surface area (Å²) in [5, 5.41) is 0.482. The first-order valence-electron chi connectivity index (χ1n) is 5.56. The number of hydrogen-bond acceptors (Lipinski definition) is 1. The van der Waals surface area contributed by atoms with Gasteiger partial charge < -0.3 is 5.73 Å². The van der Waals surface area contributed by atoms with E-state index < -0.39 is 23.5 Å². The van der Waals surface area contributed by atoms with E-state index in [1.165, 1.54) is 0 Å². The molecule has 1 unspecified atom stereocenters. The molecule has 0 saturated heterocycles. The van der Waals surface area contributed by atoms with E-state index in [9.17, 15) is 13.2 Å². The highest BCUT2D eigenvalue weighted by Gasteiger charge is 2.17. The fourth-order valence-electron chi connectivity index (χ4n) is 1.76. The molecule has 0 fully saturated rings. The number of rotatable bonds is 2. The molecule has 2 N–H and O–H groups in total. The molecule has 2 rings (SSSR count). The second-order valence-corrected chi connectivity index (χ2v) is 4.68. The molecule has 0 aliphatic carbocycles. The Morgan fingerprint density at radius 2 is 1.63 bits per heavy atom. The lowest BCUT2D eigenvalue weighted by atomic mass is 9.98. The van der Waals surface area contributed by atoms with Crippen molar-refractivity contribution in [2.75, 3.05) is 0 Å². The Kier molecular flexibility index (Phi) is 3.83. The summed E-state index contributed by atoms with van der Waals surface area (Å²) in [6.45, 7) is 1.82. The topological polar surface area (TPSA) is 26.0 Å². The third-order valence-corrected chi connectivity index (χ3v) is 3.34. The van der Waals surface area contributed by atoms with Crippen LogP contribution in [-0.4, -0.2) is 0 Å². The van der Waals surface area contributed by atoms with E-state index in [2.05, 4.69) is 0 Å². The molecule has 0 heterocycles. The summed E-state index contributed by atoms with van der Waals surface area (Å²) in [5.41, 5.74) is 7.13. The number of hydrogen-bond donors (Lipinski definition) is 1. The van der Waals surface area contributed by atoms with Crippen LogP contribution in [0.15, 0.2) is 30.3 Å². The molecule has 5 heteroatoms. The SMILES string of the molecule is Cc1ccc(C(N)c2cc(F)c(F)cc2F)cc1Cl. The molecule has 0 aliphatic heterocycles. The Bertz CT molecular complexity index is 628. The molecule has 0 aliphatic rings. The minimum atomic E-state index is -1.24. The van der Waals surface area contributed by atoms with Crippen LogP contribution in [0.25, 0.3) is 0 Å². The maximum Gasteiger partial charge on any atom is 0.161 e. The summed E-state index contributed by atoms with van der Waals surface area (Å²) in [6.07, 6.45) is 0. The highest BCUT2D eigenvalue weighted by atomic mass is 35.5. The molecule has 0 spiro atoms. The smallest absolute Gasteiger partial charge is 0.161 e. The van der Waals surface area contributed by atoms with Crippen molar-refractivity contribution in [2.24, 2.45) is 5.73 Å². The Morgan fingerprint density at radius 3 is 2.26 bits per heavy atom. The lowest BCUT2D eigenvalue weighted by molar-refractivity contribution is 0.487. The number of halogens is 4. The van der Waals surface area contributed by atoms with Crippen molar-refractivity contribution < 1.29 is 13.2 Å². The third kappa shape index (κ3) is 2.74. The normalized spacial score (nSPS) is 12.5. The maximum absolute atomic E-state index is 13.6. The highest BCUT2D eigenvalue weighted by Crippen LogP contribution is 2.27. The van der Waals surface area contributed by atoms with Crippen LogP contribution in [0.1, 0.15) is 22.7 Å². The predicted octanol–water partition coefficient (Wildman–Crippen LogP) is 4.11. The van der Waals surface area contributed by atoms with Gasteiger partial charge in [-0.3, -0.25) is 0 Å². The molecule has 2 aromatic carbocycles. The highest BCUT2D eigenvalue weighted by molar-refractivity contribution is 6.31. The molecule has 1 nitrogen and oxygen atoms in total. The number of aryl methyl sites for hydroxylation is 1. The van der Waals surface area contributed by atoms with Crippen LogP contribution in [0.4, 0.5) is 13.2 Å².